The van der Waals surface area contributed by atoms with Crippen LogP contribution in [0.2, 0.25) is 10.2 Å². The average Bonchev–Trinajstić information content (AvgIpc) is 2.65. The average molecular weight is 400 g/mol. The molecule has 9 heteroatoms. The molecule has 0 saturated carbocycles. The number of aromatic nitrogens is 1. The van der Waals surface area contributed by atoms with Gasteiger partial charge in [0.1, 0.15) is 5.15 Å². The van der Waals surface area contributed by atoms with Crippen molar-refractivity contribution in [1.82, 2.24) is 14.8 Å². The molecule has 0 aliphatic carbocycles. The lowest BCUT2D eigenvalue weighted by Crippen LogP contribution is -2.50. The largest absolute Gasteiger partial charge is 0.335 e. The zero-order valence-electron chi connectivity index (χ0n) is 13.4. The van der Waals surface area contributed by atoms with Crippen LogP contribution in [0.1, 0.15) is 20.7 Å². The van der Waals surface area contributed by atoms with Crippen molar-refractivity contribution < 1.29 is 18.4 Å². The van der Waals surface area contributed by atoms with Gasteiger partial charge in [-0.3, -0.25) is 9.59 Å². The molecule has 2 heterocycles. The van der Waals surface area contributed by atoms with Gasteiger partial charge in [-0.05, 0) is 24.3 Å². The number of benzene rings is 1. The van der Waals surface area contributed by atoms with Gasteiger partial charge in [-0.25, -0.2) is 13.8 Å². The third-order valence-corrected chi connectivity index (χ3v) is 4.75. The molecule has 0 unspecified atom stereocenters. The van der Waals surface area contributed by atoms with E-state index in [1.807, 2.05) is 0 Å². The second kappa shape index (κ2) is 7.55. The molecule has 1 fully saturated rings. The summed E-state index contributed by atoms with van der Waals surface area (Å²) in [5, 5.41) is 0.301. The highest BCUT2D eigenvalue weighted by Crippen LogP contribution is 2.21. The first-order valence-corrected chi connectivity index (χ1v) is 8.47. The van der Waals surface area contributed by atoms with E-state index in [2.05, 4.69) is 4.98 Å². The van der Waals surface area contributed by atoms with E-state index in [-0.39, 0.29) is 34.7 Å². The van der Waals surface area contributed by atoms with Crippen molar-refractivity contribution in [1.29, 1.82) is 0 Å². The van der Waals surface area contributed by atoms with Crippen molar-refractivity contribution in [2.75, 3.05) is 26.2 Å². The van der Waals surface area contributed by atoms with Crippen LogP contribution in [0.3, 0.4) is 0 Å². The summed E-state index contributed by atoms with van der Waals surface area (Å²) in [6, 6.07) is 4.47. The van der Waals surface area contributed by atoms with Gasteiger partial charge in [0.25, 0.3) is 11.8 Å². The van der Waals surface area contributed by atoms with Crippen LogP contribution in [0.4, 0.5) is 8.78 Å². The molecule has 0 bridgehead atoms. The Hall–Kier alpha value is -2.25. The predicted molar refractivity (Wildman–Crippen MR) is 92.4 cm³/mol. The molecular weight excluding hydrogens is 387 g/mol. The summed E-state index contributed by atoms with van der Waals surface area (Å²) in [5.41, 5.74) is 0.372. The van der Waals surface area contributed by atoms with Crippen LogP contribution in [0.5, 0.6) is 0 Å². The van der Waals surface area contributed by atoms with Crippen LogP contribution in [0.15, 0.2) is 30.5 Å². The van der Waals surface area contributed by atoms with Gasteiger partial charge in [-0.15, -0.1) is 0 Å². The first-order valence-electron chi connectivity index (χ1n) is 7.71. The van der Waals surface area contributed by atoms with E-state index >= 15 is 0 Å². The first-order chi connectivity index (χ1) is 12.4. The standard InChI is InChI=1S/C17H13Cl2F2N3O2/c18-12-7-11(9-22-15(12)19)17(26)24-5-3-23(4-6-24)16(25)10-1-2-13(20)14(21)8-10/h1-2,7-9H,3-6H2. The maximum atomic E-state index is 13.3. The number of rotatable bonds is 2. The minimum atomic E-state index is -1.07. The van der Waals surface area contributed by atoms with Crippen LogP contribution in [-0.4, -0.2) is 52.8 Å². The molecule has 26 heavy (non-hydrogen) atoms. The van der Waals surface area contributed by atoms with Gasteiger partial charge in [0.05, 0.1) is 10.6 Å². The maximum absolute atomic E-state index is 13.3. The van der Waals surface area contributed by atoms with Crippen molar-refractivity contribution in [2.24, 2.45) is 0 Å². The molecule has 0 N–H and O–H groups in total. The van der Waals surface area contributed by atoms with E-state index < -0.39 is 17.5 Å². The highest BCUT2D eigenvalue weighted by molar-refractivity contribution is 6.41. The number of nitrogens with zero attached hydrogens (tertiary/aromatic N) is 3. The molecule has 1 aromatic heterocycles. The molecule has 1 aliphatic heterocycles. The molecule has 136 valence electrons. The molecule has 2 amide bonds. The summed E-state index contributed by atoms with van der Waals surface area (Å²) < 4.78 is 26.3. The van der Waals surface area contributed by atoms with Gasteiger partial charge in [-0.1, -0.05) is 23.2 Å². The summed E-state index contributed by atoms with van der Waals surface area (Å²) in [4.78, 5) is 31.8. The zero-order chi connectivity index (χ0) is 18.8. The van der Waals surface area contributed by atoms with E-state index in [0.717, 1.165) is 12.1 Å². The Morgan fingerprint density at radius 2 is 1.46 bits per heavy atom. The molecule has 2 aromatic rings. The Bertz CT molecular complexity index is 800. The van der Waals surface area contributed by atoms with Crippen LogP contribution in [-0.2, 0) is 0 Å². The van der Waals surface area contributed by atoms with Gasteiger partial charge in [0, 0.05) is 37.9 Å². The van der Waals surface area contributed by atoms with Crippen LogP contribution in [0.25, 0.3) is 0 Å². The van der Waals surface area contributed by atoms with E-state index in [9.17, 15) is 18.4 Å². The third-order valence-electron chi connectivity index (χ3n) is 4.06. The van der Waals surface area contributed by atoms with Crippen molar-refractivity contribution in [3.05, 3.63) is 63.4 Å². The zero-order valence-corrected chi connectivity index (χ0v) is 14.9. The highest BCUT2D eigenvalue weighted by atomic mass is 35.5. The Morgan fingerprint density at radius 1 is 0.885 bits per heavy atom. The normalized spacial score (nSPS) is 14.5. The van der Waals surface area contributed by atoms with Gasteiger partial charge < -0.3 is 9.80 Å². The second-order valence-corrected chi connectivity index (χ2v) is 6.48. The Labute approximate surface area is 158 Å². The highest BCUT2D eigenvalue weighted by Gasteiger charge is 2.26. The lowest BCUT2D eigenvalue weighted by atomic mass is 10.1. The summed E-state index contributed by atoms with van der Waals surface area (Å²) >= 11 is 11.6. The maximum Gasteiger partial charge on any atom is 0.255 e. The molecule has 0 spiro atoms. The topological polar surface area (TPSA) is 53.5 Å². The lowest BCUT2D eigenvalue weighted by molar-refractivity contribution is 0.0535. The Kier molecular flexibility index (Phi) is 5.38. The van der Waals surface area contributed by atoms with Gasteiger partial charge in [0.15, 0.2) is 11.6 Å². The lowest BCUT2D eigenvalue weighted by Gasteiger charge is -2.34. The fraction of sp³-hybridized carbons (Fsp3) is 0.235. The summed E-state index contributed by atoms with van der Waals surface area (Å²) in [7, 11) is 0. The minimum absolute atomic E-state index is 0.0670. The van der Waals surface area contributed by atoms with E-state index in [1.54, 1.807) is 4.90 Å². The molecule has 1 aromatic carbocycles. The first kappa shape index (κ1) is 18.5. The third kappa shape index (κ3) is 3.78. The predicted octanol–water partition coefficient (Wildman–Crippen LogP) is 3.26. The molecular formula is C17H13Cl2F2N3O2. The number of piperazine rings is 1. The number of carbonyl (C=O) groups excluding carboxylic acids is 2. The van der Waals surface area contributed by atoms with Gasteiger partial charge >= 0.3 is 0 Å². The number of halogens is 4. The molecule has 0 atom stereocenters. The second-order valence-electron chi connectivity index (χ2n) is 5.71. The SMILES string of the molecule is O=C(c1ccc(F)c(F)c1)N1CCN(C(=O)c2cnc(Cl)c(Cl)c2)CC1. The van der Waals surface area contributed by atoms with Crippen LogP contribution >= 0.6 is 23.2 Å². The van der Waals surface area contributed by atoms with E-state index in [4.69, 9.17) is 23.2 Å². The fourth-order valence-corrected chi connectivity index (χ4v) is 2.91. The van der Waals surface area contributed by atoms with Crippen molar-refractivity contribution in [3.8, 4) is 0 Å². The van der Waals surface area contributed by atoms with Gasteiger partial charge in [0.2, 0.25) is 0 Å². The van der Waals surface area contributed by atoms with Crippen molar-refractivity contribution in [2.45, 2.75) is 0 Å². The molecule has 1 aliphatic rings. The number of hydrogen-bond acceptors (Lipinski definition) is 3. The Balaban J connectivity index is 1.64. The molecule has 1 saturated heterocycles. The van der Waals surface area contributed by atoms with Crippen LogP contribution < -0.4 is 0 Å². The monoisotopic (exact) mass is 399 g/mol. The number of pyridine rings is 1. The van der Waals surface area contributed by atoms with Crippen LogP contribution in [0, 0.1) is 11.6 Å². The number of amides is 2. The van der Waals surface area contributed by atoms with E-state index in [0.29, 0.717) is 18.7 Å². The number of carbonyl (C=O) groups is 2. The number of hydrogen-bond donors (Lipinski definition) is 0. The summed E-state index contributed by atoms with van der Waals surface area (Å²) in [5.74, 6) is -2.76. The fourth-order valence-electron chi connectivity index (χ4n) is 2.65. The molecule has 3 rings (SSSR count). The van der Waals surface area contributed by atoms with Gasteiger partial charge in [-0.2, -0.15) is 0 Å². The van der Waals surface area contributed by atoms with E-state index in [1.165, 1.54) is 23.2 Å². The quantitative estimate of drug-likeness (QED) is 0.728. The minimum Gasteiger partial charge on any atom is -0.335 e. The smallest absolute Gasteiger partial charge is 0.255 e. The van der Waals surface area contributed by atoms with Crippen molar-refractivity contribution in [3.63, 3.8) is 0 Å². The molecule has 0 radical (unpaired) electrons. The summed E-state index contributed by atoms with van der Waals surface area (Å²) in [6.07, 6.45) is 1.34. The Morgan fingerprint density at radius 3 is 2.00 bits per heavy atom. The van der Waals surface area contributed by atoms with Crippen molar-refractivity contribution >= 4 is 35.0 Å². The molecule has 5 nitrogen and oxygen atoms in total. The summed E-state index contributed by atoms with van der Waals surface area (Å²) in [6.45, 7) is 1.15.